The summed E-state index contributed by atoms with van der Waals surface area (Å²) in [5.41, 5.74) is 4.44. The third kappa shape index (κ3) is 2.97. The summed E-state index contributed by atoms with van der Waals surface area (Å²) in [6, 6.07) is 14.5. The second-order valence-corrected chi connectivity index (χ2v) is 5.66. The van der Waals surface area contributed by atoms with Gasteiger partial charge in [-0.05, 0) is 63.6 Å². The lowest BCUT2D eigenvalue weighted by atomic mass is 10.1. The molecule has 2 aromatic carbocycles. The highest BCUT2D eigenvalue weighted by Crippen LogP contribution is 2.27. The van der Waals surface area contributed by atoms with Crippen LogP contribution in [0.15, 0.2) is 42.5 Å². The molecule has 3 rings (SSSR count). The van der Waals surface area contributed by atoms with E-state index >= 15 is 0 Å². The van der Waals surface area contributed by atoms with E-state index in [1.807, 2.05) is 32.9 Å². The maximum absolute atomic E-state index is 5.62. The summed E-state index contributed by atoms with van der Waals surface area (Å²) in [6.45, 7) is 8.76. The van der Waals surface area contributed by atoms with Crippen molar-refractivity contribution < 1.29 is 4.74 Å². The Labute approximate surface area is 136 Å². The Morgan fingerprint density at radius 2 is 1.70 bits per heavy atom. The van der Waals surface area contributed by atoms with Gasteiger partial charge in [0.2, 0.25) is 0 Å². The zero-order valence-electron chi connectivity index (χ0n) is 14.0. The number of benzene rings is 2. The second-order valence-electron chi connectivity index (χ2n) is 5.66. The molecule has 0 unspecified atom stereocenters. The third-order valence-electron chi connectivity index (χ3n) is 3.85. The van der Waals surface area contributed by atoms with E-state index in [1.165, 1.54) is 5.56 Å². The van der Waals surface area contributed by atoms with Crippen LogP contribution in [-0.2, 0) is 0 Å². The van der Waals surface area contributed by atoms with Crippen molar-refractivity contribution in [2.24, 2.45) is 0 Å². The molecule has 0 N–H and O–H groups in total. The number of aryl methyl sites for hydroxylation is 3. The molecule has 0 atom stereocenters. The van der Waals surface area contributed by atoms with Crippen molar-refractivity contribution in [2.45, 2.75) is 27.7 Å². The number of nitrogens with zero attached hydrogens (tertiary/aromatic N) is 3. The summed E-state index contributed by atoms with van der Waals surface area (Å²) in [4.78, 5) is 0. The summed E-state index contributed by atoms with van der Waals surface area (Å²) < 4.78 is 7.70. The number of hydrogen-bond acceptors (Lipinski definition) is 3. The lowest BCUT2D eigenvalue weighted by molar-refractivity contribution is 0.338. The van der Waals surface area contributed by atoms with E-state index in [4.69, 9.17) is 4.74 Å². The molecule has 0 saturated heterocycles. The molecule has 118 valence electrons. The number of hydrogen-bond donors (Lipinski definition) is 0. The molecular formula is C19H21N3O. The minimum Gasteiger partial charge on any atom is -0.494 e. The Hall–Kier alpha value is -2.62. The van der Waals surface area contributed by atoms with E-state index in [9.17, 15) is 0 Å². The topological polar surface area (TPSA) is 39.9 Å². The van der Waals surface area contributed by atoms with Crippen LogP contribution in [0.5, 0.6) is 5.75 Å². The van der Waals surface area contributed by atoms with Crippen molar-refractivity contribution >= 4 is 0 Å². The van der Waals surface area contributed by atoms with Gasteiger partial charge in [0.15, 0.2) is 5.82 Å². The highest BCUT2D eigenvalue weighted by atomic mass is 16.5. The first kappa shape index (κ1) is 15.3. The minimum absolute atomic E-state index is 0.666. The van der Waals surface area contributed by atoms with Gasteiger partial charge in [-0.15, -0.1) is 10.2 Å². The van der Waals surface area contributed by atoms with E-state index < -0.39 is 0 Å². The summed E-state index contributed by atoms with van der Waals surface area (Å²) >= 11 is 0. The Morgan fingerprint density at radius 3 is 2.35 bits per heavy atom. The van der Waals surface area contributed by atoms with Crippen molar-refractivity contribution in [2.75, 3.05) is 6.61 Å². The fourth-order valence-electron chi connectivity index (χ4n) is 2.66. The van der Waals surface area contributed by atoms with Gasteiger partial charge in [0.25, 0.3) is 0 Å². The monoisotopic (exact) mass is 307 g/mol. The van der Waals surface area contributed by atoms with Crippen LogP contribution in [0.3, 0.4) is 0 Å². The molecule has 0 saturated carbocycles. The molecule has 4 heteroatoms. The molecule has 1 aromatic heterocycles. The molecule has 23 heavy (non-hydrogen) atoms. The van der Waals surface area contributed by atoms with Gasteiger partial charge in [-0.25, -0.2) is 0 Å². The molecule has 0 aliphatic heterocycles. The van der Waals surface area contributed by atoms with Crippen LogP contribution < -0.4 is 4.74 Å². The van der Waals surface area contributed by atoms with Crippen LogP contribution in [-0.4, -0.2) is 21.4 Å². The van der Waals surface area contributed by atoms with Gasteiger partial charge in [0.05, 0.1) is 6.61 Å². The molecule has 0 aliphatic rings. The number of ether oxygens (including phenoxy) is 1. The summed E-state index contributed by atoms with van der Waals surface area (Å²) in [5, 5.41) is 8.64. The first-order valence-electron chi connectivity index (χ1n) is 7.83. The molecule has 4 nitrogen and oxygen atoms in total. The van der Waals surface area contributed by atoms with Crippen molar-refractivity contribution in [3.8, 4) is 22.8 Å². The zero-order valence-corrected chi connectivity index (χ0v) is 14.0. The van der Waals surface area contributed by atoms with Crippen molar-refractivity contribution in [1.29, 1.82) is 0 Å². The fraction of sp³-hybridized carbons (Fsp3) is 0.263. The predicted octanol–water partition coefficient (Wildman–Crippen LogP) is 4.26. The van der Waals surface area contributed by atoms with Gasteiger partial charge >= 0.3 is 0 Å². The first-order chi connectivity index (χ1) is 11.1. The molecular weight excluding hydrogens is 286 g/mol. The van der Waals surface area contributed by atoms with Crippen LogP contribution in [0.25, 0.3) is 17.1 Å². The smallest absolute Gasteiger partial charge is 0.168 e. The average molecular weight is 307 g/mol. The Morgan fingerprint density at radius 1 is 0.957 bits per heavy atom. The molecule has 0 aliphatic carbocycles. The van der Waals surface area contributed by atoms with Crippen LogP contribution in [0.2, 0.25) is 0 Å². The summed E-state index contributed by atoms with van der Waals surface area (Å²) in [6.07, 6.45) is 0. The zero-order chi connectivity index (χ0) is 16.4. The van der Waals surface area contributed by atoms with Gasteiger partial charge in [-0.1, -0.05) is 17.7 Å². The van der Waals surface area contributed by atoms with Gasteiger partial charge in [-0.3, -0.25) is 4.57 Å². The second kappa shape index (κ2) is 6.24. The van der Waals surface area contributed by atoms with E-state index in [-0.39, 0.29) is 0 Å². The molecule has 1 heterocycles. The van der Waals surface area contributed by atoms with Crippen LogP contribution >= 0.6 is 0 Å². The van der Waals surface area contributed by atoms with Gasteiger partial charge in [-0.2, -0.15) is 0 Å². The molecule has 0 radical (unpaired) electrons. The maximum Gasteiger partial charge on any atom is 0.168 e. The summed E-state index contributed by atoms with van der Waals surface area (Å²) in [7, 11) is 0. The lowest BCUT2D eigenvalue weighted by Gasteiger charge is -2.11. The quantitative estimate of drug-likeness (QED) is 0.723. The van der Waals surface area contributed by atoms with Gasteiger partial charge in [0.1, 0.15) is 11.6 Å². The van der Waals surface area contributed by atoms with E-state index in [0.29, 0.717) is 6.61 Å². The average Bonchev–Trinajstić information content (AvgIpc) is 2.92. The van der Waals surface area contributed by atoms with Crippen LogP contribution in [0.4, 0.5) is 0 Å². The van der Waals surface area contributed by atoms with Crippen molar-refractivity contribution in [3.63, 3.8) is 0 Å². The molecule has 0 spiro atoms. The third-order valence-corrected chi connectivity index (χ3v) is 3.85. The Balaban J connectivity index is 2.08. The highest BCUT2D eigenvalue weighted by molar-refractivity contribution is 5.61. The van der Waals surface area contributed by atoms with Crippen LogP contribution in [0.1, 0.15) is 23.9 Å². The number of rotatable bonds is 4. The largest absolute Gasteiger partial charge is 0.494 e. The van der Waals surface area contributed by atoms with Crippen molar-refractivity contribution in [1.82, 2.24) is 14.8 Å². The van der Waals surface area contributed by atoms with E-state index in [2.05, 4.69) is 52.0 Å². The Bertz CT molecular complexity index is 819. The van der Waals surface area contributed by atoms with Crippen molar-refractivity contribution in [3.05, 3.63) is 59.4 Å². The SMILES string of the molecule is CCOc1ccc(-c2nnc(C)n2-c2ccc(C)cc2)cc1C. The Kier molecular flexibility index (Phi) is 4.15. The van der Waals surface area contributed by atoms with E-state index in [0.717, 1.165) is 34.2 Å². The fourth-order valence-corrected chi connectivity index (χ4v) is 2.66. The standard InChI is InChI=1S/C19H21N3O/c1-5-23-18-11-8-16(12-14(18)3)19-21-20-15(4)22(19)17-9-6-13(2)7-10-17/h6-12H,5H2,1-4H3. The summed E-state index contributed by atoms with van der Waals surface area (Å²) in [5.74, 6) is 2.63. The lowest BCUT2D eigenvalue weighted by Crippen LogP contribution is -2.00. The minimum atomic E-state index is 0.666. The molecule has 0 amide bonds. The van der Waals surface area contributed by atoms with Gasteiger partial charge in [0, 0.05) is 11.3 Å². The molecule has 3 aromatic rings. The molecule has 0 bridgehead atoms. The number of aromatic nitrogens is 3. The molecule has 0 fully saturated rings. The first-order valence-corrected chi connectivity index (χ1v) is 7.83. The van der Waals surface area contributed by atoms with E-state index in [1.54, 1.807) is 0 Å². The maximum atomic E-state index is 5.62. The predicted molar refractivity (Wildman–Crippen MR) is 92.2 cm³/mol. The van der Waals surface area contributed by atoms with Gasteiger partial charge < -0.3 is 4.74 Å². The highest BCUT2D eigenvalue weighted by Gasteiger charge is 2.14. The van der Waals surface area contributed by atoms with Crippen LogP contribution in [0, 0.1) is 20.8 Å². The normalized spacial score (nSPS) is 10.8.